The van der Waals surface area contributed by atoms with Crippen molar-refractivity contribution < 1.29 is 4.79 Å². The molecule has 7 heteroatoms. The van der Waals surface area contributed by atoms with Gasteiger partial charge in [-0.2, -0.15) is 10.1 Å². The second kappa shape index (κ2) is 7.44. The lowest BCUT2D eigenvalue weighted by molar-refractivity contribution is 0.102. The molecule has 0 atom stereocenters. The van der Waals surface area contributed by atoms with Gasteiger partial charge in [0.1, 0.15) is 12.0 Å². The van der Waals surface area contributed by atoms with Crippen molar-refractivity contribution in [3.63, 3.8) is 0 Å². The van der Waals surface area contributed by atoms with Crippen LogP contribution in [0.4, 0.5) is 5.69 Å². The Morgan fingerprint density at radius 2 is 2.04 bits per heavy atom. The SMILES string of the molecule is CC(C)c1cc(C(=O)Nc2cccc(CN3CCCC3)c2)nc2ncnn12. The molecule has 1 fully saturated rings. The highest BCUT2D eigenvalue weighted by Crippen LogP contribution is 2.19. The third-order valence-electron chi connectivity index (χ3n) is 4.89. The maximum absolute atomic E-state index is 12.8. The molecule has 1 aliphatic heterocycles. The maximum Gasteiger partial charge on any atom is 0.274 e. The van der Waals surface area contributed by atoms with Crippen LogP contribution < -0.4 is 5.32 Å². The van der Waals surface area contributed by atoms with Gasteiger partial charge in [-0.3, -0.25) is 9.69 Å². The van der Waals surface area contributed by atoms with Gasteiger partial charge in [0.05, 0.1) is 5.69 Å². The van der Waals surface area contributed by atoms with Crippen LogP contribution in [0.15, 0.2) is 36.7 Å². The Kier molecular flexibility index (Phi) is 4.85. The van der Waals surface area contributed by atoms with E-state index in [-0.39, 0.29) is 11.8 Å². The van der Waals surface area contributed by atoms with Gasteiger partial charge in [0.15, 0.2) is 0 Å². The molecule has 0 saturated carbocycles. The maximum atomic E-state index is 12.8. The van der Waals surface area contributed by atoms with E-state index in [9.17, 15) is 4.79 Å². The van der Waals surface area contributed by atoms with Crippen LogP contribution in [-0.4, -0.2) is 43.5 Å². The summed E-state index contributed by atoms with van der Waals surface area (Å²) < 4.78 is 1.68. The minimum absolute atomic E-state index is 0.201. The molecule has 1 aliphatic rings. The number of carbonyl (C=O) groups excluding carboxylic acids is 1. The standard InChI is InChI=1S/C20H24N6O/c1-14(2)18-11-17(24-20-21-13-22-26(18)20)19(27)23-16-7-5-6-15(10-16)12-25-8-3-4-9-25/h5-7,10-11,13-14H,3-4,8-9,12H2,1-2H3,(H,23,27). The number of hydrogen-bond acceptors (Lipinski definition) is 5. The summed E-state index contributed by atoms with van der Waals surface area (Å²) in [6, 6.07) is 9.82. The molecular weight excluding hydrogens is 340 g/mol. The first kappa shape index (κ1) is 17.6. The third-order valence-corrected chi connectivity index (χ3v) is 4.89. The third kappa shape index (κ3) is 3.83. The zero-order valence-corrected chi connectivity index (χ0v) is 15.7. The number of anilines is 1. The highest BCUT2D eigenvalue weighted by atomic mass is 16.1. The van der Waals surface area contributed by atoms with Gasteiger partial charge < -0.3 is 5.32 Å². The van der Waals surface area contributed by atoms with E-state index in [1.807, 2.05) is 18.2 Å². The predicted octanol–water partition coefficient (Wildman–Crippen LogP) is 3.10. The van der Waals surface area contributed by atoms with E-state index in [0.29, 0.717) is 11.5 Å². The number of benzene rings is 1. The first-order chi connectivity index (χ1) is 13.1. The normalized spacial score (nSPS) is 14.9. The summed E-state index contributed by atoms with van der Waals surface area (Å²) in [5.74, 6) is 0.405. The number of nitrogens with one attached hydrogen (secondary N) is 1. The van der Waals surface area contributed by atoms with Crippen molar-refractivity contribution in [2.75, 3.05) is 18.4 Å². The highest BCUT2D eigenvalue weighted by Gasteiger charge is 2.16. The van der Waals surface area contributed by atoms with E-state index in [1.165, 1.54) is 24.7 Å². The zero-order valence-electron chi connectivity index (χ0n) is 15.7. The van der Waals surface area contributed by atoms with Crippen molar-refractivity contribution >= 4 is 17.4 Å². The van der Waals surface area contributed by atoms with E-state index in [1.54, 1.807) is 10.6 Å². The Labute approximate surface area is 158 Å². The minimum atomic E-state index is -0.235. The largest absolute Gasteiger partial charge is 0.321 e. The fourth-order valence-corrected chi connectivity index (χ4v) is 3.50. The Balaban J connectivity index is 1.54. The molecule has 2 aromatic heterocycles. The Morgan fingerprint density at radius 3 is 2.81 bits per heavy atom. The average molecular weight is 364 g/mol. The number of amides is 1. The van der Waals surface area contributed by atoms with Crippen molar-refractivity contribution in [1.82, 2.24) is 24.5 Å². The molecule has 3 heterocycles. The molecule has 0 unspecified atom stereocenters. The first-order valence-electron chi connectivity index (χ1n) is 9.43. The Morgan fingerprint density at radius 1 is 1.22 bits per heavy atom. The van der Waals surface area contributed by atoms with Gasteiger partial charge in [0.2, 0.25) is 0 Å². The summed E-state index contributed by atoms with van der Waals surface area (Å²) in [6.45, 7) is 7.33. The van der Waals surface area contributed by atoms with Crippen molar-refractivity contribution in [1.29, 1.82) is 0 Å². The van der Waals surface area contributed by atoms with Gasteiger partial charge >= 0.3 is 0 Å². The van der Waals surface area contributed by atoms with E-state index in [0.717, 1.165) is 31.0 Å². The molecule has 1 saturated heterocycles. The molecule has 1 N–H and O–H groups in total. The highest BCUT2D eigenvalue weighted by molar-refractivity contribution is 6.03. The van der Waals surface area contributed by atoms with Gasteiger partial charge in [0, 0.05) is 12.2 Å². The van der Waals surface area contributed by atoms with Crippen LogP contribution in [0.5, 0.6) is 0 Å². The van der Waals surface area contributed by atoms with Gasteiger partial charge in [0.25, 0.3) is 11.7 Å². The zero-order chi connectivity index (χ0) is 18.8. The van der Waals surface area contributed by atoms with Crippen LogP contribution in [0.25, 0.3) is 5.78 Å². The second-order valence-electron chi connectivity index (χ2n) is 7.33. The van der Waals surface area contributed by atoms with Crippen molar-refractivity contribution in [3.05, 3.63) is 53.6 Å². The van der Waals surface area contributed by atoms with Crippen LogP contribution in [0.1, 0.15) is 54.4 Å². The van der Waals surface area contributed by atoms with Gasteiger partial charge in [-0.1, -0.05) is 26.0 Å². The molecule has 27 heavy (non-hydrogen) atoms. The van der Waals surface area contributed by atoms with Crippen molar-refractivity contribution in [2.24, 2.45) is 0 Å². The number of carbonyl (C=O) groups is 1. The first-order valence-corrected chi connectivity index (χ1v) is 9.43. The summed E-state index contributed by atoms with van der Waals surface area (Å²) in [7, 11) is 0. The molecular formula is C20H24N6O. The van der Waals surface area contributed by atoms with Crippen molar-refractivity contribution in [2.45, 2.75) is 39.2 Å². The number of likely N-dealkylation sites (tertiary alicyclic amines) is 1. The monoisotopic (exact) mass is 364 g/mol. The van der Waals surface area contributed by atoms with Crippen LogP contribution >= 0.6 is 0 Å². The van der Waals surface area contributed by atoms with Gasteiger partial charge in [-0.05, 0) is 55.6 Å². The Bertz CT molecular complexity index is 958. The molecule has 0 spiro atoms. The lowest BCUT2D eigenvalue weighted by Crippen LogP contribution is -2.19. The molecule has 0 aliphatic carbocycles. The summed E-state index contributed by atoms with van der Waals surface area (Å²) in [5.41, 5.74) is 3.25. The molecule has 7 nitrogen and oxygen atoms in total. The molecule has 1 amide bonds. The minimum Gasteiger partial charge on any atom is -0.321 e. The fourth-order valence-electron chi connectivity index (χ4n) is 3.50. The molecule has 0 radical (unpaired) electrons. The fraction of sp³-hybridized carbons (Fsp3) is 0.400. The number of fused-ring (bicyclic) bond motifs is 1. The van der Waals surface area contributed by atoms with Crippen LogP contribution in [0, 0.1) is 0 Å². The predicted molar refractivity (Wildman–Crippen MR) is 104 cm³/mol. The quantitative estimate of drug-likeness (QED) is 0.753. The Hall–Kier alpha value is -2.80. The van der Waals surface area contributed by atoms with E-state index in [2.05, 4.69) is 45.2 Å². The molecule has 140 valence electrons. The van der Waals surface area contributed by atoms with Gasteiger partial charge in [-0.25, -0.2) is 9.50 Å². The molecule has 4 rings (SSSR count). The number of aromatic nitrogens is 4. The summed E-state index contributed by atoms with van der Waals surface area (Å²) in [5, 5.41) is 7.16. The lowest BCUT2D eigenvalue weighted by atomic mass is 10.1. The van der Waals surface area contributed by atoms with Crippen LogP contribution in [-0.2, 0) is 6.54 Å². The lowest BCUT2D eigenvalue weighted by Gasteiger charge is -2.15. The average Bonchev–Trinajstić information content (AvgIpc) is 3.32. The number of rotatable bonds is 5. The summed E-state index contributed by atoms with van der Waals surface area (Å²) >= 11 is 0. The van der Waals surface area contributed by atoms with Crippen LogP contribution in [0.2, 0.25) is 0 Å². The number of hydrogen-bond donors (Lipinski definition) is 1. The van der Waals surface area contributed by atoms with E-state index in [4.69, 9.17) is 0 Å². The summed E-state index contributed by atoms with van der Waals surface area (Å²) in [6.07, 6.45) is 3.99. The topological polar surface area (TPSA) is 75.4 Å². The summed E-state index contributed by atoms with van der Waals surface area (Å²) in [4.78, 5) is 23.7. The van der Waals surface area contributed by atoms with Gasteiger partial charge in [-0.15, -0.1) is 0 Å². The van der Waals surface area contributed by atoms with E-state index < -0.39 is 0 Å². The van der Waals surface area contributed by atoms with E-state index >= 15 is 0 Å². The van der Waals surface area contributed by atoms with Crippen LogP contribution in [0.3, 0.4) is 0 Å². The smallest absolute Gasteiger partial charge is 0.274 e. The molecule has 0 bridgehead atoms. The molecule has 1 aromatic carbocycles. The van der Waals surface area contributed by atoms with Crippen molar-refractivity contribution in [3.8, 4) is 0 Å². The molecule has 3 aromatic rings. The second-order valence-corrected chi connectivity index (χ2v) is 7.33. The number of nitrogens with zero attached hydrogens (tertiary/aromatic N) is 5.